The Balaban J connectivity index is 1.85. The molecule has 3 aromatic carbocycles. The maximum atomic E-state index is 2.70. The molecule has 0 saturated heterocycles. The molecule has 1 aliphatic carbocycles. The van der Waals surface area contributed by atoms with Crippen molar-refractivity contribution in [2.75, 3.05) is 0 Å². The number of rotatable bonds is 7. The van der Waals surface area contributed by atoms with E-state index >= 15 is 0 Å². The van der Waals surface area contributed by atoms with Gasteiger partial charge in [0.15, 0.2) is 0 Å². The summed E-state index contributed by atoms with van der Waals surface area (Å²) in [5.74, 6) is 0. The Kier molecular flexibility index (Phi) is 5.53. The summed E-state index contributed by atoms with van der Waals surface area (Å²) in [6.07, 6.45) is 8.21. The third-order valence-corrected chi connectivity index (χ3v) is 16.9. The van der Waals surface area contributed by atoms with Crippen molar-refractivity contribution < 1.29 is 15.3 Å². The second-order valence-electron chi connectivity index (χ2n) is 8.90. The van der Waals surface area contributed by atoms with Gasteiger partial charge in [-0.25, -0.2) is 0 Å². The average Bonchev–Trinajstić information content (AvgIpc) is 3.26. The Hall–Kier alpha value is -2.15. The fraction of sp³-hybridized carbons (Fsp3) is 0.185. The molecule has 0 nitrogen and oxygen atoms in total. The van der Waals surface area contributed by atoms with E-state index in [-0.39, 0.29) is 0 Å². The molecule has 0 bridgehead atoms. The van der Waals surface area contributed by atoms with Crippen LogP contribution in [0.2, 0.25) is 5.23 Å². The summed E-state index contributed by atoms with van der Waals surface area (Å²) in [5, 5.41) is 2.70. The Morgan fingerprint density at radius 3 is 1.32 bits per heavy atom. The van der Waals surface area contributed by atoms with E-state index in [4.69, 9.17) is 0 Å². The van der Waals surface area contributed by atoms with Crippen LogP contribution in [0.1, 0.15) is 23.1 Å². The zero-order valence-electron chi connectivity index (χ0n) is 16.7. The van der Waals surface area contributed by atoms with Gasteiger partial charge in [0.1, 0.15) is 0 Å². The molecule has 0 spiro atoms. The molecule has 0 amide bonds. The van der Waals surface area contributed by atoms with Gasteiger partial charge in [0.25, 0.3) is 0 Å². The van der Waals surface area contributed by atoms with Crippen LogP contribution in [0.25, 0.3) is 0 Å². The predicted molar refractivity (Wildman–Crippen MR) is 118 cm³/mol. The van der Waals surface area contributed by atoms with Crippen molar-refractivity contribution in [1.82, 2.24) is 0 Å². The Labute approximate surface area is 170 Å². The van der Waals surface area contributed by atoms with Crippen LogP contribution in [0.15, 0.2) is 113 Å². The molecular weight excluding hydrogens is 372 g/mol. The van der Waals surface area contributed by atoms with Gasteiger partial charge in [-0.1, -0.05) is 0 Å². The van der Waals surface area contributed by atoms with Gasteiger partial charge in [-0.3, -0.25) is 0 Å². The molecule has 0 heterocycles. The molecule has 3 aromatic rings. The first-order valence-electron chi connectivity index (χ1n) is 10.3. The van der Waals surface area contributed by atoms with Crippen LogP contribution in [0, 0.1) is 0 Å². The minimum absolute atomic E-state index is 1.13. The minimum atomic E-state index is -3.18. The molecule has 28 heavy (non-hydrogen) atoms. The quantitative estimate of drug-likeness (QED) is 0.368. The van der Waals surface area contributed by atoms with Crippen molar-refractivity contribution in [2.24, 2.45) is 0 Å². The van der Waals surface area contributed by atoms with Gasteiger partial charge in [0.05, 0.1) is 0 Å². The van der Waals surface area contributed by atoms with Crippen LogP contribution >= 0.6 is 0 Å². The molecule has 1 heteroatoms. The van der Waals surface area contributed by atoms with Gasteiger partial charge < -0.3 is 0 Å². The second kappa shape index (κ2) is 8.07. The number of benzene rings is 3. The van der Waals surface area contributed by atoms with E-state index in [1.165, 1.54) is 30.9 Å². The zero-order chi connectivity index (χ0) is 19.3. The van der Waals surface area contributed by atoms with Gasteiger partial charge in [0, 0.05) is 0 Å². The fourth-order valence-electron chi connectivity index (χ4n) is 5.13. The zero-order valence-corrected chi connectivity index (χ0v) is 18.3. The molecule has 1 aliphatic rings. The topological polar surface area (TPSA) is 0 Å². The molecule has 0 radical (unpaired) electrons. The van der Waals surface area contributed by atoms with Crippen molar-refractivity contribution in [3.05, 3.63) is 130 Å². The van der Waals surface area contributed by atoms with Crippen molar-refractivity contribution in [2.45, 2.75) is 25.8 Å². The van der Waals surface area contributed by atoms with Crippen LogP contribution in [0.5, 0.6) is 0 Å². The van der Waals surface area contributed by atoms with E-state index in [2.05, 4.69) is 114 Å². The molecule has 0 saturated carbocycles. The van der Waals surface area contributed by atoms with Crippen molar-refractivity contribution in [3.63, 3.8) is 0 Å². The van der Waals surface area contributed by atoms with Crippen LogP contribution < -0.4 is 0 Å². The third-order valence-electron chi connectivity index (χ3n) is 6.46. The average molecular weight is 401 g/mol. The third kappa shape index (κ3) is 4.14. The summed E-state index contributed by atoms with van der Waals surface area (Å²) < 4.78 is 5.38. The van der Waals surface area contributed by atoms with E-state index < -0.39 is 15.3 Å². The summed E-state index contributed by atoms with van der Waals surface area (Å²) in [4.78, 5) is 0. The van der Waals surface area contributed by atoms with Crippen molar-refractivity contribution in [3.8, 4) is 0 Å². The predicted octanol–water partition coefficient (Wildman–Crippen LogP) is 7.17. The van der Waals surface area contributed by atoms with Gasteiger partial charge in [-0.2, -0.15) is 0 Å². The normalized spacial score (nSPS) is 15.0. The van der Waals surface area contributed by atoms with E-state index in [0.717, 1.165) is 6.42 Å². The summed E-state index contributed by atoms with van der Waals surface area (Å²) in [6.45, 7) is 0. The molecule has 0 aliphatic heterocycles. The van der Waals surface area contributed by atoms with Gasteiger partial charge in [-0.05, 0) is 0 Å². The molecule has 0 aromatic heterocycles. The molecule has 141 valence electrons. The molecule has 0 atom stereocenters. The number of hydrogen-bond donors (Lipinski definition) is 0. The number of hydrogen-bond acceptors (Lipinski definition) is 0. The van der Waals surface area contributed by atoms with Gasteiger partial charge in [-0.15, -0.1) is 0 Å². The van der Waals surface area contributed by atoms with E-state index in [1.54, 1.807) is 3.88 Å². The summed E-state index contributed by atoms with van der Waals surface area (Å²) >= 11 is -3.18. The van der Waals surface area contributed by atoms with E-state index in [9.17, 15) is 0 Å². The van der Waals surface area contributed by atoms with Gasteiger partial charge in [0.2, 0.25) is 0 Å². The first kappa shape index (κ1) is 19.2. The van der Waals surface area contributed by atoms with Crippen molar-refractivity contribution in [1.29, 1.82) is 0 Å². The Morgan fingerprint density at radius 1 is 0.607 bits per heavy atom. The van der Waals surface area contributed by atoms with E-state index in [1.807, 2.05) is 0 Å². The molecule has 4 rings (SSSR count). The van der Waals surface area contributed by atoms with E-state index in [0.29, 0.717) is 0 Å². The Morgan fingerprint density at radius 2 is 1.00 bits per heavy atom. The first-order valence-corrected chi connectivity index (χ1v) is 16.0. The monoisotopic (exact) mass is 401 g/mol. The summed E-state index contributed by atoms with van der Waals surface area (Å²) in [6, 6.07) is 33.5. The number of allylic oxidation sites excluding steroid dienone is 4. The van der Waals surface area contributed by atoms with Crippen LogP contribution in [0.3, 0.4) is 0 Å². The summed E-state index contributed by atoms with van der Waals surface area (Å²) in [5.41, 5.74) is 4.46. The van der Waals surface area contributed by atoms with Crippen molar-refractivity contribution >= 4 is 0 Å². The molecule has 0 N–H and O–H groups in total. The Bertz CT molecular complexity index is 864. The summed E-state index contributed by atoms with van der Waals surface area (Å²) in [7, 11) is 0. The SMILES string of the molecule is [CH3][Ti]([CH2]c1ccccc1)([CH2]c1ccccc1)([CH2]c1ccccc1)[C]1=CC=CC1. The first-order chi connectivity index (χ1) is 13.6. The molecular formula is C27H29Ti. The van der Waals surface area contributed by atoms with Crippen LogP contribution in [-0.4, -0.2) is 0 Å². The second-order valence-corrected chi connectivity index (χ2v) is 19.7. The fourth-order valence-corrected chi connectivity index (χ4v) is 15.6. The molecule has 0 fully saturated rings. The maximum absolute atomic E-state index is 3.18. The standard InChI is InChI=1S/3C7H7.C5H5.CH3.Ti/c3*1-7-5-3-2-4-6-7;1-2-4-5-3-1;;/h3*2-6H,1H2;1-3H,4H2;1H3;. The van der Waals surface area contributed by atoms with Gasteiger partial charge >= 0.3 is 171 Å². The van der Waals surface area contributed by atoms with Crippen LogP contribution in [-0.2, 0) is 29.5 Å². The molecule has 0 unspecified atom stereocenters. The van der Waals surface area contributed by atoms with Crippen LogP contribution in [0.4, 0.5) is 0 Å².